The molecular weight excluding hydrogens is 264 g/mol. The number of rotatable bonds is 2. The average Bonchev–Trinajstić information content (AvgIpc) is 2.41. The number of anilines is 2. The van der Waals surface area contributed by atoms with Gasteiger partial charge in [-0.05, 0) is 25.6 Å². The molecule has 0 unspecified atom stereocenters. The van der Waals surface area contributed by atoms with E-state index in [1.165, 1.54) is 0 Å². The van der Waals surface area contributed by atoms with Crippen molar-refractivity contribution in [1.29, 1.82) is 5.26 Å². The van der Waals surface area contributed by atoms with Crippen LogP contribution in [0, 0.1) is 11.3 Å². The zero-order chi connectivity index (χ0) is 14.0. The number of nitriles is 1. The van der Waals surface area contributed by atoms with Crippen LogP contribution in [0.2, 0.25) is 5.02 Å². The van der Waals surface area contributed by atoms with E-state index in [2.05, 4.69) is 11.4 Å². The van der Waals surface area contributed by atoms with E-state index in [9.17, 15) is 5.11 Å². The summed E-state index contributed by atoms with van der Waals surface area (Å²) < 4.78 is 0. The Labute approximate surface area is 117 Å². The van der Waals surface area contributed by atoms with Gasteiger partial charge in [0.1, 0.15) is 0 Å². The fourth-order valence-electron chi connectivity index (χ4n) is 2.41. The molecule has 5 nitrogen and oxygen atoms in total. The number of halogens is 1. The van der Waals surface area contributed by atoms with Gasteiger partial charge in [-0.25, -0.2) is 0 Å². The summed E-state index contributed by atoms with van der Waals surface area (Å²) in [6.45, 7) is 1.23. The Hall–Kier alpha value is -1.48. The second-order valence-electron chi connectivity index (χ2n) is 4.71. The minimum absolute atomic E-state index is 0.0894. The van der Waals surface area contributed by atoms with E-state index in [1.807, 2.05) is 11.9 Å². The minimum Gasteiger partial charge on any atom is -0.397 e. The Balaban J connectivity index is 2.28. The maximum Gasteiger partial charge on any atom is 0.0993 e. The molecule has 0 bridgehead atoms. The Morgan fingerprint density at radius 2 is 2.32 bits per heavy atom. The maximum absolute atomic E-state index is 10.0. The molecular formula is C13H17ClN4O. The number of nitrogens with two attached hydrogens (primary N) is 1. The molecule has 1 saturated heterocycles. The highest BCUT2D eigenvalue weighted by Crippen LogP contribution is 2.34. The lowest BCUT2D eigenvalue weighted by Crippen LogP contribution is -2.51. The van der Waals surface area contributed by atoms with Crippen LogP contribution in [-0.4, -0.2) is 37.4 Å². The summed E-state index contributed by atoms with van der Waals surface area (Å²) in [6, 6.07) is 5.43. The summed E-state index contributed by atoms with van der Waals surface area (Å²) in [7, 11) is 1.84. The number of hydrogen-bond donors (Lipinski definition) is 3. The highest BCUT2D eigenvalue weighted by atomic mass is 35.5. The van der Waals surface area contributed by atoms with Crippen molar-refractivity contribution in [1.82, 2.24) is 5.32 Å². The average molecular weight is 281 g/mol. The molecule has 0 saturated carbocycles. The van der Waals surface area contributed by atoms with Crippen LogP contribution in [0.3, 0.4) is 0 Å². The quantitative estimate of drug-likeness (QED) is 0.703. The molecule has 0 aliphatic carbocycles. The largest absolute Gasteiger partial charge is 0.397 e. The second-order valence-corrected chi connectivity index (χ2v) is 5.09. The number of piperidine rings is 1. The zero-order valence-electron chi connectivity index (χ0n) is 10.7. The van der Waals surface area contributed by atoms with Crippen molar-refractivity contribution < 1.29 is 5.11 Å². The molecule has 1 aliphatic heterocycles. The molecule has 4 N–H and O–H groups in total. The molecule has 1 aliphatic rings. The lowest BCUT2D eigenvalue weighted by molar-refractivity contribution is 0.118. The van der Waals surface area contributed by atoms with Gasteiger partial charge in [-0.2, -0.15) is 5.26 Å². The van der Waals surface area contributed by atoms with E-state index in [0.29, 0.717) is 28.5 Å². The predicted molar refractivity (Wildman–Crippen MR) is 76.3 cm³/mol. The molecule has 19 heavy (non-hydrogen) atoms. The lowest BCUT2D eigenvalue weighted by Gasteiger charge is -2.37. The molecule has 0 spiro atoms. The van der Waals surface area contributed by atoms with Crippen molar-refractivity contribution in [2.45, 2.75) is 18.6 Å². The van der Waals surface area contributed by atoms with Crippen molar-refractivity contribution in [2.75, 3.05) is 30.8 Å². The van der Waals surface area contributed by atoms with Crippen LogP contribution in [0.15, 0.2) is 12.1 Å². The molecule has 2 rings (SSSR count). The molecule has 6 heteroatoms. The van der Waals surface area contributed by atoms with Crippen LogP contribution in [-0.2, 0) is 0 Å². The Kier molecular flexibility index (Phi) is 4.15. The first kappa shape index (κ1) is 13.9. The van der Waals surface area contributed by atoms with E-state index < -0.39 is 6.10 Å². The monoisotopic (exact) mass is 280 g/mol. The first-order chi connectivity index (χ1) is 9.06. The van der Waals surface area contributed by atoms with Gasteiger partial charge in [0.05, 0.1) is 34.1 Å². The first-order valence-electron chi connectivity index (χ1n) is 6.16. The number of nitrogens with zero attached hydrogens (tertiary/aromatic N) is 2. The van der Waals surface area contributed by atoms with Gasteiger partial charge in [0, 0.05) is 19.1 Å². The van der Waals surface area contributed by atoms with Crippen LogP contribution < -0.4 is 16.0 Å². The number of aliphatic hydroxyl groups is 1. The number of likely N-dealkylation sites (N-methyl/N-ethyl adjacent to an activating group) is 1. The smallest absolute Gasteiger partial charge is 0.0993 e. The fraction of sp³-hybridized carbons (Fsp3) is 0.462. The number of benzene rings is 1. The zero-order valence-corrected chi connectivity index (χ0v) is 11.5. The van der Waals surface area contributed by atoms with Crippen LogP contribution in [0.1, 0.15) is 12.0 Å². The lowest BCUT2D eigenvalue weighted by atomic mass is 10.0. The molecule has 1 aromatic rings. The van der Waals surface area contributed by atoms with Gasteiger partial charge in [-0.1, -0.05) is 11.6 Å². The van der Waals surface area contributed by atoms with Crippen LogP contribution in [0.4, 0.5) is 11.4 Å². The van der Waals surface area contributed by atoms with Crippen molar-refractivity contribution >= 4 is 23.0 Å². The molecule has 1 heterocycles. The molecule has 102 valence electrons. The maximum atomic E-state index is 10.0. The van der Waals surface area contributed by atoms with Gasteiger partial charge in [0.15, 0.2) is 0 Å². The van der Waals surface area contributed by atoms with Crippen LogP contribution in [0.25, 0.3) is 0 Å². The minimum atomic E-state index is -0.471. The summed E-state index contributed by atoms with van der Waals surface area (Å²) in [5.74, 6) is 0. The number of nitrogens with one attached hydrogen (secondary N) is 1. The van der Waals surface area contributed by atoms with Crippen LogP contribution in [0.5, 0.6) is 0 Å². The van der Waals surface area contributed by atoms with Gasteiger partial charge in [-0.3, -0.25) is 0 Å². The Morgan fingerprint density at radius 3 is 2.89 bits per heavy atom. The van der Waals surface area contributed by atoms with E-state index in [4.69, 9.17) is 22.6 Å². The molecule has 0 aromatic heterocycles. The van der Waals surface area contributed by atoms with Gasteiger partial charge < -0.3 is 21.1 Å². The standard InChI is InChI=1S/C13H17ClN4O/c1-17-10-2-3-18(7-12(10)19)11-5-8(6-15)4-9(16)13(11)14/h4-5,10,12,17,19H,2-3,7,16H2,1H3/t10-,12-/m1/s1. The summed E-state index contributed by atoms with van der Waals surface area (Å²) in [5.41, 5.74) is 7.39. The summed E-state index contributed by atoms with van der Waals surface area (Å²) in [4.78, 5) is 1.97. The van der Waals surface area contributed by atoms with Crippen LogP contribution >= 0.6 is 11.6 Å². The Morgan fingerprint density at radius 1 is 1.58 bits per heavy atom. The molecule has 1 aromatic carbocycles. The third kappa shape index (κ3) is 2.76. The number of aliphatic hydroxyl groups excluding tert-OH is 1. The van der Waals surface area contributed by atoms with Crippen molar-refractivity contribution in [3.05, 3.63) is 22.7 Å². The Bertz CT molecular complexity index is 514. The third-order valence-electron chi connectivity index (χ3n) is 3.50. The third-order valence-corrected chi connectivity index (χ3v) is 3.92. The summed E-state index contributed by atoms with van der Waals surface area (Å²) in [6.07, 6.45) is 0.340. The van der Waals surface area contributed by atoms with E-state index in [0.717, 1.165) is 13.0 Å². The van der Waals surface area contributed by atoms with Gasteiger partial charge in [-0.15, -0.1) is 0 Å². The van der Waals surface area contributed by atoms with Crippen molar-refractivity contribution in [3.63, 3.8) is 0 Å². The number of nitrogen functional groups attached to an aromatic ring is 1. The molecule has 1 fully saturated rings. The van der Waals surface area contributed by atoms with E-state index in [1.54, 1.807) is 12.1 Å². The highest BCUT2D eigenvalue weighted by molar-refractivity contribution is 6.35. The van der Waals surface area contributed by atoms with Gasteiger partial charge in [0.2, 0.25) is 0 Å². The topological polar surface area (TPSA) is 85.3 Å². The molecule has 2 atom stereocenters. The summed E-state index contributed by atoms with van der Waals surface area (Å²) >= 11 is 6.20. The van der Waals surface area contributed by atoms with E-state index >= 15 is 0 Å². The van der Waals surface area contributed by atoms with Gasteiger partial charge in [0.25, 0.3) is 0 Å². The van der Waals surface area contributed by atoms with E-state index in [-0.39, 0.29) is 6.04 Å². The highest BCUT2D eigenvalue weighted by Gasteiger charge is 2.28. The van der Waals surface area contributed by atoms with Gasteiger partial charge >= 0.3 is 0 Å². The first-order valence-corrected chi connectivity index (χ1v) is 6.54. The summed E-state index contributed by atoms with van der Waals surface area (Å²) in [5, 5.41) is 22.6. The normalized spacial score (nSPS) is 23.2. The van der Waals surface area contributed by atoms with Crippen molar-refractivity contribution in [2.24, 2.45) is 0 Å². The number of β-amino-alcohol motifs (C(OH)–C–C–N with tert-alkyl or cyclic N) is 1. The number of hydrogen-bond acceptors (Lipinski definition) is 5. The van der Waals surface area contributed by atoms with Crippen molar-refractivity contribution in [3.8, 4) is 6.07 Å². The molecule has 0 amide bonds. The predicted octanol–water partition coefficient (Wildman–Crippen LogP) is 0.953. The fourth-order valence-corrected chi connectivity index (χ4v) is 2.64. The SMILES string of the molecule is CN[C@@H]1CCN(c2cc(C#N)cc(N)c2Cl)C[C@H]1O. The second kappa shape index (κ2) is 5.66. The molecule has 0 radical (unpaired) electrons.